The normalized spacial score (nSPS) is 17.0. The number of aromatic nitrogens is 4. The predicted molar refractivity (Wildman–Crippen MR) is 111 cm³/mol. The van der Waals surface area contributed by atoms with Crippen LogP contribution in [0.3, 0.4) is 0 Å². The third-order valence-corrected chi connectivity index (χ3v) is 5.23. The van der Waals surface area contributed by atoms with Crippen LogP contribution in [-0.4, -0.2) is 45.3 Å². The Kier molecular flexibility index (Phi) is 4.44. The van der Waals surface area contributed by atoms with Gasteiger partial charge in [0.25, 0.3) is 0 Å². The molecule has 5 rings (SSSR count). The van der Waals surface area contributed by atoms with E-state index < -0.39 is 0 Å². The van der Waals surface area contributed by atoms with Gasteiger partial charge in [-0.3, -0.25) is 4.98 Å². The number of benzene rings is 1. The minimum Gasteiger partial charge on any atom is -0.352 e. The molecule has 0 aliphatic carbocycles. The summed E-state index contributed by atoms with van der Waals surface area (Å²) in [6, 6.07) is 14.7. The lowest BCUT2D eigenvalue weighted by atomic mass is 10.1. The molecule has 3 aromatic heterocycles. The van der Waals surface area contributed by atoms with Crippen molar-refractivity contribution in [2.45, 2.75) is 13.0 Å². The van der Waals surface area contributed by atoms with Crippen LogP contribution in [-0.2, 0) is 0 Å². The highest BCUT2D eigenvalue weighted by Crippen LogP contribution is 2.32. The zero-order valence-corrected chi connectivity index (χ0v) is 16.1. The van der Waals surface area contributed by atoms with Crippen LogP contribution in [0, 0.1) is 5.82 Å². The standard InChI is InChI=1S/C22H21FN6/c1-15-14-28(13-12-25-15)20-7-6-19-26-21(16-2-4-18(23)5-3-16)22(29(19)27-20)17-8-10-24-11-9-17/h2-11,15,25H,12-14H2,1H3. The van der Waals surface area contributed by atoms with Gasteiger partial charge in [-0.1, -0.05) is 0 Å². The smallest absolute Gasteiger partial charge is 0.155 e. The minimum absolute atomic E-state index is 0.267. The molecule has 0 spiro atoms. The lowest BCUT2D eigenvalue weighted by Crippen LogP contribution is -2.49. The van der Waals surface area contributed by atoms with Gasteiger partial charge in [-0.05, 0) is 55.5 Å². The van der Waals surface area contributed by atoms with Crippen LogP contribution in [0.2, 0.25) is 0 Å². The summed E-state index contributed by atoms with van der Waals surface area (Å²) in [5.41, 5.74) is 4.21. The van der Waals surface area contributed by atoms with Crippen LogP contribution in [0.25, 0.3) is 28.2 Å². The van der Waals surface area contributed by atoms with Crippen molar-refractivity contribution in [3.63, 3.8) is 0 Å². The molecule has 146 valence electrons. The fourth-order valence-corrected chi connectivity index (χ4v) is 3.81. The van der Waals surface area contributed by atoms with Gasteiger partial charge >= 0.3 is 0 Å². The van der Waals surface area contributed by atoms with Crippen molar-refractivity contribution in [1.29, 1.82) is 0 Å². The number of hydrogen-bond donors (Lipinski definition) is 1. The van der Waals surface area contributed by atoms with Crippen LogP contribution >= 0.6 is 0 Å². The van der Waals surface area contributed by atoms with E-state index in [4.69, 9.17) is 10.1 Å². The molecule has 1 aliphatic heterocycles. The summed E-state index contributed by atoms with van der Waals surface area (Å²) < 4.78 is 15.3. The number of halogens is 1. The topological polar surface area (TPSA) is 58.4 Å². The predicted octanol–water partition coefficient (Wildman–Crippen LogP) is 3.40. The number of fused-ring (bicyclic) bond motifs is 1. The number of pyridine rings is 1. The van der Waals surface area contributed by atoms with Gasteiger partial charge in [-0.2, -0.15) is 0 Å². The summed E-state index contributed by atoms with van der Waals surface area (Å²) in [6.45, 7) is 4.93. The molecule has 4 aromatic rings. The molecule has 1 unspecified atom stereocenters. The van der Waals surface area contributed by atoms with Crippen molar-refractivity contribution in [1.82, 2.24) is 24.9 Å². The van der Waals surface area contributed by atoms with Crippen LogP contribution in [0.15, 0.2) is 60.9 Å². The van der Waals surface area contributed by atoms with E-state index in [1.165, 1.54) is 12.1 Å². The fourth-order valence-electron chi connectivity index (χ4n) is 3.81. The Hall–Kier alpha value is -3.32. The summed E-state index contributed by atoms with van der Waals surface area (Å²) in [7, 11) is 0. The van der Waals surface area contributed by atoms with Gasteiger partial charge in [0.2, 0.25) is 0 Å². The highest BCUT2D eigenvalue weighted by molar-refractivity contribution is 5.81. The number of rotatable bonds is 3. The Morgan fingerprint density at radius 1 is 1.00 bits per heavy atom. The first kappa shape index (κ1) is 17.8. The van der Waals surface area contributed by atoms with E-state index in [1.807, 2.05) is 28.8 Å². The van der Waals surface area contributed by atoms with Crippen LogP contribution in [0.4, 0.5) is 10.2 Å². The average molecular weight is 388 g/mol. The van der Waals surface area contributed by atoms with Gasteiger partial charge in [0.05, 0.1) is 5.69 Å². The van der Waals surface area contributed by atoms with E-state index in [1.54, 1.807) is 24.5 Å². The van der Waals surface area contributed by atoms with Gasteiger partial charge in [-0.15, -0.1) is 5.10 Å². The summed E-state index contributed by atoms with van der Waals surface area (Å²) in [5, 5.41) is 8.39. The monoisotopic (exact) mass is 388 g/mol. The number of nitrogens with one attached hydrogen (secondary N) is 1. The maximum absolute atomic E-state index is 13.5. The molecule has 0 amide bonds. The van der Waals surface area contributed by atoms with Crippen molar-refractivity contribution < 1.29 is 4.39 Å². The molecule has 1 fully saturated rings. The van der Waals surface area contributed by atoms with E-state index >= 15 is 0 Å². The van der Waals surface area contributed by atoms with Crippen molar-refractivity contribution >= 4 is 11.5 Å². The molecule has 1 aromatic carbocycles. The summed E-state index contributed by atoms with van der Waals surface area (Å²) in [6.07, 6.45) is 3.51. The lowest BCUT2D eigenvalue weighted by Gasteiger charge is -2.32. The molecule has 1 atom stereocenters. The van der Waals surface area contributed by atoms with Gasteiger partial charge in [0.15, 0.2) is 5.65 Å². The zero-order valence-electron chi connectivity index (χ0n) is 16.1. The molecule has 0 bridgehead atoms. The third-order valence-electron chi connectivity index (χ3n) is 5.23. The number of imidazole rings is 1. The van der Waals surface area contributed by atoms with Crippen molar-refractivity contribution in [3.05, 3.63) is 66.7 Å². The molecule has 1 N–H and O–H groups in total. The molecule has 0 radical (unpaired) electrons. The number of anilines is 1. The van der Waals surface area contributed by atoms with E-state index in [0.717, 1.165) is 53.6 Å². The zero-order chi connectivity index (χ0) is 19.8. The van der Waals surface area contributed by atoms with E-state index in [9.17, 15) is 4.39 Å². The third kappa shape index (κ3) is 3.34. The molecule has 6 nitrogen and oxygen atoms in total. The Morgan fingerprint density at radius 3 is 2.55 bits per heavy atom. The Balaban J connectivity index is 1.69. The van der Waals surface area contributed by atoms with Crippen molar-refractivity contribution in [3.8, 4) is 22.5 Å². The van der Waals surface area contributed by atoms with Gasteiger partial charge in [-0.25, -0.2) is 13.9 Å². The lowest BCUT2D eigenvalue weighted by molar-refractivity contribution is 0.481. The second-order valence-corrected chi connectivity index (χ2v) is 7.31. The second kappa shape index (κ2) is 7.25. The van der Waals surface area contributed by atoms with Crippen LogP contribution in [0.5, 0.6) is 0 Å². The number of nitrogens with zero attached hydrogens (tertiary/aromatic N) is 5. The van der Waals surface area contributed by atoms with Crippen molar-refractivity contribution in [2.24, 2.45) is 0 Å². The van der Waals surface area contributed by atoms with Crippen LogP contribution in [0.1, 0.15) is 6.92 Å². The summed E-state index contributed by atoms with van der Waals surface area (Å²) in [5.74, 6) is 0.653. The molecule has 4 heterocycles. The summed E-state index contributed by atoms with van der Waals surface area (Å²) in [4.78, 5) is 11.2. The Bertz CT molecular complexity index is 1140. The fraction of sp³-hybridized carbons (Fsp3) is 0.227. The molecule has 29 heavy (non-hydrogen) atoms. The molecule has 7 heteroatoms. The van der Waals surface area contributed by atoms with E-state index in [0.29, 0.717) is 6.04 Å². The Labute approximate surface area is 168 Å². The quantitative estimate of drug-likeness (QED) is 0.583. The van der Waals surface area contributed by atoms with E-state index in [2.05, 4.69) is 22.1 Å². The SMILES string of the molecule is CC1CN(c2ccc3nc(-c4ccc(F)cc4)c(-c4ccncc4)n3n2)CCN1. The first-order chi connectivity index (χ1) is 14.2. The largest absolute Gasteiger partial charge is 0.352 e. The minimum atomic E-state index is -0.267. The molecule has 1 aliphatic rings. The van der Waals surface area contributed by atoms with Gasteiger partial charge < -0.3 is 10.2 Å². The number of piperazine rings is 1. The molecule has 0 saturated carbocycles. The maximum Gasteiger partial charge on any atom is 0.155 e. The van der Waals surface area contributed by atoms with E-state index in [-0.39, 0.29) is 5.82 Å². The highest BCUT2D eigenvalue weighted by atomic mass is 19.1. The second-order valence-electron chi connectivity index (χ2n) is 7.31. The molecular formula is C22H21FN6. The maximum atomic E-state index is 13.5. The van der Waals surface area contributed by atoms with Gasteiger partial charge in [0.1, 0.15) is 17.3 Å². The first-order valence-electron chi connectivity index (χ1n) is 9.73. The molecule has 1 saturated heterocycles. The van der Waals surface area contributed by atoms with Crippen molar-refractivity contribution in [2.75, 3.05) is 24.5 Å². The first-order valence-corrected chi connectivity index (χ1v) is 9.73. The average Bonchev–Trinajstić information content (AvgIpc) is 3.13. The van der Waals surface area contributed by atoms with Gasteiger partial charge in [0, 0.05) is 49.2 Å². The highest BCUT2D eigenvalue weighted by Gasteiger charge is 2.21. The Morgan fingerprint density at radius 2 is 1.79 bits per heavy atom. The molecular weight excluding hydrogens is 367 g/mol. The summed E-state index contributed by atoms with van der Waals surface area (Å²) >= 11 is 0. The number of hydrogen-bond acceptors (Lipinski definition) is 5. The van der Waals surface area contributed by atoms with Crippen LogP contribution < -0.4 is 10.2 Å².